The van der Waals surface area contributed by atoms with E-state index in [1.54, 1.807) is 18.2 Å². The summed E-state index contributed by atoms with van der Waals surface area (Å²) in [4.78, 5) is 0. The quantitative estimate of drug-likeness (QED) is 0.757. The molecular formula is C15H11BrClF3O. The molecule has 0 radical (unpaired) electrons. The van der Waals surface area contributed by atoms with E-state index in [2.05, 4.69) is 15.9 Å². The van der Waals surface area contributed by atoms with Gasteiger partial charge in [-0.3, -0.25) is 0 Å². The first kappa shape index (κ1) is 16.3. The van der Waals surface area contributed by atoms with Crippen molar-refractivity contribution in [3.05, 3.63) is 68.7 Å². The molecule has 1 unspecified atom stereocenters. The van der Waals surface area contributed by atoms with Gasteiger partial charge < -0.3 is 5.11 Å². The molecule has 2 aromatic carbocycles. The fourth-order valence-corrected chi connectivity index (χ4v) is 2.69. The lowest BCUT2D eigenvalue weighted by molar-refractivity contribution is -0.137. The molecule has 1 nitrogen and oxygen atoms in total. The zero-order valence-electron chi connectivity index (χ0n) is 10.7. The molecule has 0 aromatic heterocycles. The van der Waals surface area contributed by atoms with E-state index in [-0.39, 0.29) is 12.0 Å². The minimum Gasteiger partial charge on any atom is -0.388 e. The Hall–Kier alpha value is -1.04. The first-order valence-electron chi connectivity index (χ1n) is 6.06. The van der Waals surface area contributed by atoms with Crippen molar-refractivity contribution in [1.29, 1.82) is 0 Å². The average Bonchev–Trinajstić information content (AvgIpc) is 2.41. The van der Waals surface area contributed by atoms with Crippen LogP contribution in [0.5, 0.6) is 0 Å². The van der Waals surface area contributed by atoms with Gasteiger partial charge in [-0.05, 0) is 35.4 Å². The van der Waals surface area contributed by atoms with Crippen molar-refractivity contribution in [3.8, 4) is 0 Å². The highest BCUT2D eigenvalue weighted by Crippen LogP contribution is 2.32. The second-order valence-electron chi connectivity index (χ2n) is 4.58. The Morgan fingerprint density at radius 2 is 1.86 bits per heavy atom. The molecule has 0 bridgehead atoms. The van der Waals surface area contributed by atoms with Crippen LogP contribution in [0.4, 0.5) is 13.2 Å². The monoisotopic (exact) mass is 378 g/mol. The Kier molecular flexibility index (Phi) is 4.96. The van der Waals surface area contributed by atoms with E-state index >= 15 is 0 Å². The smallest absolute Gasteiger partial charge is 0.388 e. The Morgan fingerprint density at radius 3 is 2.48 bits per heavy atom. The SMILES string of the molecule is OC(Cc1ccc(Br)cc1Cl)c1cccc(C(F)(F)F)c1. The van der Waals surface area contributed by atoms with E-state index in [1.165, 1.54) is 12.1 Å². The van der Waals surface area contributed by atoms with Crippen LogP contribution < -0.4 is 0 Å². The molecule has 0 aliphatic rings. The predicted molar refractivity (Wildman–Crippen MR) is 79.3 cm³/mol. The largest absolute Gasteiger partial charge is 0.416 e. The highest BCUT2D eigenvalue weighted by atomic mass is 79.9. The number of halogens is 5. The Bertz CT molecular complexity index is 643. The summed E-state index contributed by atoms with van der Waals surface area (Å²) in [6.07, 6.45) is -5.33. The molecule has 1 atom stereocenters. The lowest BCUT2D eigenvalue weighted by Crippen LogP contribution is -2.08. The van der Waals surface area contributed by atoms with Crippen LogP contribution in [0.15, 0.2) is 46.9 Å². The van der Waals surface area contributed by atoms with Crippen LogP contribution in [0, 0.1) is 0 Å². The third-order valence-electron chi connectivity index (χ3n) is 3.03. The highest BCUT2D eigenvalue weighted by Gasteiger charge is 2.30. The molecule has 2 aromatic rings. The summed E-state index contributed by atoms with van der Waals surface area (Å²) in [6.45, 7) is 0. The van der Waals surface area contributed by atoms with Crippen LogP contribution in [-0.4, -0.2) is 5.11 Å². The topological polar surface area (TPSA) is 20.2 Å². The Balaban J connectivity index is 2.22. The van der Waals surface area contributed by atoms with Crippen molar-refractivity contribution in [2.45, 2.75) is 18.7 Å². The zero-order chi connectivity index (χ0) is 15.6. The second kappa shape index (κ2) is 6.38. The number of hydrogen-bond donors (Lipinski definition) is 1. The summed E-state index contributed by atoms with van der Waals surface area (Å²) >= 11 is 9.31. The van der Waals surface area contributed by atoms with Crippen molar-refractivity contribution in [3.63, 3.8) is 0 Å². The molecule has 0 spiro atoms. The van der Waals surface area contributed by atoms with Gasteiger partial charge in [-0.15, -0.1) is 0 Å². The fourth-order valence-electron chi connectivity index (χ4n) is 1.94. The second-order valence-corrected chi connectivity index (χ2v) is 5.90. The summed E-state index contributed by atoms with van der Waals surface area (Å²) < 4.78 is 38.8. The van der Waals surface area contributed by atoms with Crippen LogP contribution in [0.1, 0.15) is 22.8 Å². The molecule has 21 heavy (non-hydrogen) atoms. The molecule has 0 aliphatic heterocycles. The number of benzene rings is 2. The van der Waals surface area contributed by atoms with Crippen LogP contribution >= 0.6 is 27.5 Å². The van der Waals surface area contributed by atoms with Crippen LogP contribution in [0.3, 0.4) is 0 Å². The van der Waals surface area contributed by atoms with E-state index in [1.807, 2.05) is 0 Å². The van der Waals surface area contributed by atoms with Gasteiger partial charge in [-0.2, -0.15) is 13.2 Å². The Labute approximate surface area is 133 Å². The lowest BCUT2D eigenvalue weighted by atomic mass is 9.99. The molecule has 0 fully saturated rings. The van der Waals surface area contributed by atoms with Gasteiger partial charge in [0.25, 0.3) is 0 Å². The zero-order valence-corrected chi connectivity index (χ0v) is 13.0. The maximum atomic E-state index is 12.7. The summed E-state index contributed by atoms with van der Waals surface area (Å²) in [6, 6.07) is 9.84. The van der Waals surface area contributed by atoms with E-state index in [9.17, 15) is 18.3 Å². The van der Waals surface area contributed by atoms with Gasteiger partial charge in [0.2, 0.25) is 0 Å². The van der Waals surface area contributed by atoms with Crippen molar-refractivity contribution >= 4 is 27.5 Å². The van der Waals surface area contributed by atoms with Gasteiger partial charge in [0.05, 0.1) is 11.7 Å². The molecule has 112 valence electrons. The summed E-state index contributed by atoms with van der Waals surface area (Å²) in [5, 5.41) is 10.6. The number of rotatable bonds is 3. The third kappa shape index (κ3) is 4.22. The first-order valence-corrected chi connectivity index (χ1v) is 7.23. The number of hydrogen-bond acceptors (Lipinski definition) is 1. The fraction of sp³-hybridized carbons (Fsp3) is 0.200. The molecule has 0 amide bonds. The maximum absolute atomic E-state index is 12.7. The van der Waals surface area contributed by atoms with Crippen LogP contribution in [0.25, 0.3) is 0 Å². The van der Waals surface area contributed by atoms with E-state index in [0.717, 1.165) is 16.6 Å². The third-order valence-corrected chi connectivity index (χ3v) is 3.87. The lowest BCUT2D eigenvalue weighted by Gasteiger charge is -2.14. The van der Waals surface area contributed by atoms with Crippen molar-refractivity contribution in [1.82, 2.24) is 0 Å². The highest BCUT2D eigenvalue weighted by molar-refractivity contribution is 9.10. The molecular weight excluding hydrogens is 369 g/mol. The standard InChI is InChI=1S/C15H11BrClF3O/c16-12-5-4-9(13(17)8-12)7-14(21)10-2-1-3-11(6-10)15(18,19)20/h1-6,8,14,21H,7H2. The van der Waals surface area contributed by atoms with Gasteiger partial charge in [-0.25, -0.2) is 0 Å². The van der Waals surface area contributed by atoms with E-state index in [4.69, 9.17) is 11.6 Å². The van der Waals surface area contributed by atoms with E-state index in [0.29, 0.717) is 10.6 Å². The normalized spacial score (nSPS) is 13.2. The Morgan fingerprint density at radius 1 is 1.14 bits per heavy atom. The first-order chi connectivity index (χ1) is 9.77. The minimum atomic E-state index is -4.43. The van der Waals surface area contributed by atoms with Gasteiger partial charge in [0, 0.05) is 15.9 Å². The van der Waals surface area contributed by atoms with Gasteiger partial charge in [0.1, 0.15) is 0 Å². The summed E-state index contributed by atoms with van der Waals surface area (Å²) in [5.41, 5.74) is 0.106. The van der Waals surface area contributed by atoms with Crippen molar-refractivity contribution < 1.29 is 18.3 Å². The van der Waals surface area contributed by atoms with E-state index < -0.39 is 17.8 Å². The average molecular weight is 380 g/mol. The number of aliphatic hydroxyl groups is 1. The number of alkyl halides is 3. The van der Waals surface area contributed by atoms with Crippen LogP contribution in [0.2, 0.25) is 5.02 Å². The maximum Gasteiger partial charge on any atom is 0.416 e. The minimum absolute atomic E-state index is 0.146. The van der Waals surface area contributed by atoms with Gasteiger partial charge in [0.15, 0.2) is 0 Å². The van der Waals surface area contributed by atoms with Gasteiger partial charge >= 0.3 is 6.18 Å². The van der Waals surface area contributed by atoms with Crippen LogP contribution in [-0.2, 0) is 12.6 Å². The molecule has 0 aliphatic carbocycles. The number of aliphatic hydroxyl groups excluding tert-OH is 1. The molecule has 0 saturated heterocycles. The van der Waals surface area contributed by atoms with Gasteiger partial charge in [-0.1, -0.05) is 45.7 Å². The predicted octanol–water partition coefficient (Wildman–Crippen LogP) is 5.40. The van der Waals surface area contributed by atoms with Crippen molar-refractivity contribution in [2.75, 3.05) is 0 Å². The molecule has 0 heterocycles. The van der Waals surface area contributed by atoms with Crippen molar-refractivity contribution in [2.24, 2.45) is 0 Å². The molecule has 6 heteroatoms. The molecule has 1 N–H and O–H groups in total. The summed E-state index contributed by atoms with van der Waals surface area (Å²) in [7, 11) is 0. The molecule has 0 saturated carbocycles. The molecule has 2 rings (SSSR count). The summed E-state index contributed by atoms with van der Waals surface area (Å²) in [5.74, 6) is 0.